The number of nitrogens with one attached hydrogen (secondary N) is 1. The Bertz CT molecular complexity index is 680. The fraction of sp³-hybridized carbons (Fsp3) is 0.412. The number of hydrogen-bond acceptors (Lipinski definition) is 3. The highest BCUT2D eigenvalue weighted by Crippen LogP contribution is 2.23. The molecule has 2 aromatic rings. The van der Waals surface area contributed by atoms with Gasteiger partial charge in [-0.3, -0.25) is 9.89 Å². The van der Waals surface area contributed by atoms with E-state index in [-0.39, 0.29) is 23.8 Å². The van der Waals surface area contributed by atoms with Crippen molar-refractivity contribution in [2.45, 2.75) is 38.3 Å². The second-order valence-corrected chi connectivity index (χ2v) is 6.09. The third-order valence-corrected chi connectivity index (χ3v) is 4.37. The Kier molecular flexibility index (Phi) is 4.43. The largest absolute Gasteiger partial charge is 0.333 e. The van der Waals surface area contributed by atoms with Crippen LogP contribution in [0.25, 0.3) is 11.3 Å². The standard InChI is InChI=1S/C17H21FN4O/c1-11(19)16-4-2-3-9-22(16)17(23)15-10-14(20-21-15)12-5-7-13(18)8-6-12/h5-8,10-11,16H,2-4,9,19H2,1H3,(H,20,21). The average Bonchev–Trinajstić information content (AvgIpc) is 3.04. The Morgan fingerprint density at radius 2 is 2.13 bits per heavy atom. The lowest BCUT2D eigenvalue weighted by Crippen LogP contribution is -2.51. The lowest BCUT2D eigenvalue weighted by molar-refractivity contribution is 0.0577. The number of amides is 1. The van der Waals surface area contributed by atoms with Gasteiger partial charge in [-0.05, 0) is 56.5 Å². The minimum absolute atomic E-state index is 0.0567. The molecule has 0 bridgehead atoms. The molecular formula is C17H21FN4O. The molecule has 1 aromatic carbocycles. The normalized spacial score (nSPS) is 19.6. The molecule has 122 valence electrons. The molecule has 3 rings (SSSR count). The summed E-state index contributed by atoms with van der Waals surface area (Å²) in [4.78, 5) is 14.6. The number of aromatic nitrogens is 2. The lowest BCUT2D eigenvalue weighted by Gasteiger charge is -2.37. The Morgan fingerprint density at radius 1 is 1.39 bits per heavy atom. The Morgan fingerprint density at radius 3 is 2.83 bits per heavy atom. The van der Waals surface area contributed by atoms with Crippen molar-refractivity contribution in [1.29, 1.82) is 0 Å². The molecule has 0 aliphatic carbocycles. The number of aromatic amines is 1. The topological polar surface area (TPSA) is 75.0 Å². The summed E-state index contributed by atoms with van der Waals surface area (Å²) in [7, 11) is 0. The van der Waals surface area contributed by atoms with Crippen LogP contribution in [0.5, 0.6) is 0 Å². The van der Waals surface area contributed by atoms with Crippen LogP contribution in [0.3, 0.4) is 0 Å². The number of hydrogen-bond donors (Lipinski definition) is 2. The van der Waals surface area contributed by atoms with Gasteiger partial charge in [0.2, 0.25) is 0 Å². The molecule has 0 saturated carbocycles. The third kappa shape index (κ3) is 3.27. The number of nitrogens with zero attached hydrogens (tertiary/aromatic N) is 2. The maximum atomic E-state index is 13.0. The molecule has 1 amide bonds. The van der Waals surface area contributed by atoms with Crippen LogP contribution in [-0.2, 0) is 0 Å². The first-order valence-corrected chi connectivity index (χ1v) is 7.94. The van der Waals surface area contributed by atoms with E-state index in [0.717, 1.165) is 31.4 Å². The Labute approximate surface area is 134 Å². The van der Waals surface area contributed by atoms with Crippen molar-refractivity contribution < 1.29 is 9.18 Å². The summed E-state index contributed by atoms with van der Waals surface area (Å²) in [6, 6.07) is 7.76. The molecule has 1 aliphatic heterocycles. The van der Waals surface area contributed by atoms with E-state index >= 15 is 0 Å². The first-order valence-electron chi connectivity index (χ1n) is 7.94. The van der Waals surface area contributed by atoms with Crippen molar-refractivity contribution in [3.8, 4) is 11.3 Å². The molecule has 3 N–H and O–H groups in total. The monoisotopic (exact) mass is 316 g/mol. The number of nitrogens with two attached hydrogens (primary N) is 1. The average molecular weight is 316 g/mol. The molecule has 6 heteroatoms. The molecular weight excluding hydrogens is 295 g/mol. The van der Waals surface area contributed by atoms with Crippen LogP contribution >= 0.6 is 0 Å². The summed E-state index contributed by atoms with van der Waals surface area (Å²) in [5.41, 5.74) is 7.87. The minimum Gasteiger partial charge on any atom is -0.333 e. The summed E-state index contributed by atoms with van der Waals surface area (Å²) >= 11 is 0. The second-order valence-electron chi connectivity index (χ2n) is 6.09. The lowest BCUT2D eigenvalue weighted by atomic mass is 9.96. The summed E-state index contributed by atoms with van der Waals surface area (Å²) in [6.45, 7) is 2.66. The number of piperidine rings is 1. The molecule has 2 heterocycles. The van der Waals surface area contributed by atoms with Gasteiger partial charge in [0, 0.05) is 24.2 Å². The van der Waals surface area contributed by atoms with Gasteiger partial charge in [0.1, 0.15) is 11.5 Å². The highest BCUT2D eigenvalue weighted by molar-refractivity contribution is 5.93. The van der Waals surface area contributed by atoms with E-state index in [0.29, 0.717) is 11.4 Å². The molecule has 2 unspecified atom stereocenters. The zero-order valence-electron chi connectivity index (χ0n) is 13.1. The van der Waals surface area contributed by atoms with Gasteiger partial charge < -0.3 is 10.6 Å². The number of likely N-dealkylation sites (tertiary alicyclic amines) is 1. The molecule has 0 spiro atoms. The highest BCUT2D eigenvalue weighted by Gasteiger charge is 2.30. The number of halogens is 1. The number of H-pyrrole nitrogens is 1. The third-order valence-electron chi connectivity index (χ3n) is 4.37. The van der Waals surface area contributed by atoms with Crippen molar-refractivity contribution in [2.24, 2.45) is 5.73 Å². The van der Waals surface area contributed by atoms with E-state index in [9.17, 15) is 9.18 Å². The quantitative estimate of drug-likeness (QED) is 0.914. The smallest absolute Gasteiger partial charge is 0.272 e. The van der Waals surface area contributed by atoms with E-state index in [1.165, 1.54) is 12.1 Å². The molecule has 23 heavy (non-hydrogen) atoms. The molecule has 1 fully saturated rings. The molecule has 0 radical (unpaired) electrons. The molecule has 5 nitrogen and oxygen atoms in total. The molecule has 1 aliphatic rings. The van der Waals surface area contributed by atoms with Crippen LogP contribution in [0.1, 0.15) is 36.7 Å². The SMILES string of the molecule is CC(N)C1CCCCN1C(=O)c1cc(-c2ccc(F)cc2)n[nH]1. The predicted octanol–water partition coefficient (Wildman–Crippen LogP) is 2.56. The molecule has 2 atom stereocenters. The zero-order valence-corrected chi connectivity index (χ0v) is 13.1. The van der Waals surface area contributed by atoms with E-state index in [1.54, 1.807) is 18.2 Å². The maximum absolute atomic E-state index is 13.0. The predicted molar refractivity (Wildman–Crippen MR) is 86.3 cm³/mol. The zero-order chi connectivity index (χ0) is 16.4. The fourth-order valence-corrected chi connectivity index (χ4v) is 3.11. The number of rotatable bonds is 3. The minimum atomic E-state index is -0.298. The second kappa shape index (κ2) is 6.50. The molecule has 1 aromatic heterocycles. The highest BCUT2D eigenvalue weighted by atomic mass is 19.1. The summed E-state index contributed by atoms with van der Waals surface area (Å²) < 4.78 is 13.0. The summed E-state index contributed by atoms with van der Waals surface area (Å²) in [5, 5.41) is 6.98. The maximum Gasteiger partial charge on any atom is 0.272 e. The fourth-order valence-electron chi connectivity index (χ4n) is 3.11. The van der Waals surface area contributed by atoms with E-state index < -0.39 is 0 Å². The van der Waals surface area contributed by atoms with Crippen molar-refractivity contribution in [3.05, 3.63) is 41.8 Å². The van der Waals surface area contributed by atoms with E-state index in [4.69, 9.17) is 5.73 Å². The summed E-state index contributed by atoms with van der Waals surface area (Å²) in [5.74, 6) is -0.374. The van der Waals surface area contributed by atoms with Crippen molar-refractivity contribution in [1.82, 2.24) is 15.1 Å². The van der Waals surface area contributed by atoms with Crippen LogP contribution in [0.15, 0.2) is 30.3 Å². The summed E-state index contributed by atoms with van der Waals surface area (Å²) in [6.07, 6.45) is 3.02. The van der Waals surface area contributed by atoms with E-state index in [2.05, 4.69) is 10.2 Å². The van der Waals surface area contributed by atoms with Gasteiger partial charge in [0.25, 0.3) is 5.91 Å². The number of benzene rings is 1. The van der Waals surface area contributed by atoms with Gasteiger partial charge in [0.05, 0.1) is 5.69 Å². The number of carbonyl (C=O) groups excluding carboxylic acids is 1. The first kappa shape index (κ1) is 15.7. The van der Waals surface area contributed by atoms with Gasteiger partial charge in [-0.25, -0.2) is 4.39 Å². The van der Waals surface area contributed by atoms with Crippen LogP contribution < -0.4 is 5.73 Å². The van der Waals surface area contributed by atoms with Gasteiger partial charge in [-0.2, -0.15) is 5.10 Å². The van der Waals surface area contributed by atoms with Crippen molar-refractivity contribution in [3.63, 3.8) is 0 Å². The van der Waals surface area contributed by atoms with Crippen LogP contribution in [-0.4, -0.2) is 39.6 Å². The van der Waals surface area contributed by atoms with Crippen molar-refractivity contribution >= 4 is 5.91 Å². The Balaban J connectivity index is 1.81. The molecule has 1 saturated heterocycles. The van der Waals surface area contributed by atoms with E-state index in [1.807, 2.05) is 11.8 Å². The van der Waals surface area contributed by atoms with Crippen LogP contribution in [0, 0.1) is 5.82 Å². The van der Waals surface area contributed by atoms with Gasteiger partial charge in [-0.1, -0.05) is 0 Å². The van der Waals surface area contributed by atoms with Crippen LogP contribution in [0.2, 0.25) is 0 Å². The van der Waals surface area contributed by atoms with Gasteiger partial charge in [-0.15, -0.1) is 0 Å². The first-order chi connectivity index (χ1) is 11.1. The van der Waals surface area contributed by atoms with Crippen LogP contribution in [0.4, 0.5) is 4.39 Å². The Hall–Kier alpha value is -2.21. The van der Waals surface area contributed by atoms with Gasteiger partial charge in [0.15, 0.2) is 0 Å². The van der Waals surface area contributed by atoms with Crippen molar-refractivity contribution in [2.75, 3.05) is 6.54 Å². The number of carbonyl (C=O) groups is 1. The van der Waals surface area contributed by atoms with Gasteiger partial charge >= 0.3 is 0 Å².